The minimum atomic E-state index is -3.72. The molecule has 21 heavy (non-hydrogen) atoms. The Hall–Kier alpha value is -1.60. The highest BCUT2D eigenvalue weighted by Gasteiger charge is 2.18. The van der Waals surface area contributed by atoms with Crippen LogP contribution in [0.1, 0.15) is 20.8 Å². The number of nitrogens with one attached hydrogen (secondary N) is 3. The lowest BCUT2D eigenvalue weighted by Gasteiger charge is -2.12. The van der Waals surface area contributed by atoms with E-state index in [4.69, 9.17) is 0 Å². The SMILES string of the molecule is CCNc1ccccc1S(=O)(=O)NCC(=O)NCC(C)C. The maximum atomic E-state index is 12.2. The van der Waals surface area contributed by atoms with Gasteiger partial charge in [-0.05, 0) is 25.0 Å². The van der Waals surface area contributed by atoms with Crippen LogP contribution in [0.4, 0.5) is 5.69 Å². The molecule has 0 aliphatic rings. The van der Waals surface area contributed by atoms with Gasteiger partial charge in [0.1, 0.15) is 4.90 Å². The summed E-state index contributed by atoms with van der Waals surface area (Å²) in [5.41, 5.74) is 0.523. The third-order valence-electron chi connectivity index (χ3n) is 2.67. The van der Waals surface area contributed by atoms with Crippen LogP contribution in [0.3, 0.4) is 0 Å². The number of carbonyl (C=O) groups is 1. The van der Waals surface area contributed by atoms with Crippen molar-refractivity contribution in [2.45, 2.75) is 25.7 Å². The summed E-state index contributed by atoms with van der Waals surface area (Å²) in [6.07, 6.45) is 0. The topological polar surface area (TPSA) is 87.3 Å². The van der Waals surface area contributed by atoms with Crippen LogP contribution in [0.15, 0.2) is 29.2 Å². The van der Waals surface area contributed by atoms with E-state index in [1.165, 1.54) is 6.07 Å². The molecule has 0 fully saturated rings. The van der Waals surface area contributed by atoms with Gasteiger partial charge in [-0.25, -0.2) is 13.1 Å². The number of carbonyl (C=O) groups excluding carboxylic acids is 1. The van der Waals surface area contributed by atoms with Crippen LogP contribution < -0.4 is 15.4 Å². The van der Waals surface area contributed by atoms with E-state index >= 15 is 0 Å². The van der Waals surface area contributed by atoms with Crippen LogP contribution >= 0.6 is 0 Å². The molecule has 7 heteroatoms. The quantitative estimate of drug-likeness (QED) is 0.672. The fraction of sp³-hybridized carbons (Fsp3) is 0.500. The van der Waals surface area contributed by atoms with Gasteiger partial charge >= 0.3 is 0 Å². The van der Waals surface area contributed by atoms with Crippen LogP contribution in [-0.4, -0.2) is 34.0 Å². The maximum Gasteiger partial charge on any atom is 0.243 e. The number of benzene rings is 1. The minimum absolute atomic E-state index is 0.142. The van der Waals surface area contributed by atoms with Gasteiger partial charge in [0.15, 0.2) is 0 Å². The van der Waals surface area contributed by atoms with Crippen LogP contribution in [0.25, 0.3) is 0 Å². The van der Waals surface area contributed by atoms with Crippen molar-refractivity contribution in [1.29, 1.82) is 0 Å². The summed E-state index contributed by atoms with van der Waals surface area (Å²) < 4.78 is 26.8. The Morgan fingerprint density at radius 3 is 2.52 bits per heavy atom. The molecular formula is C14H23N3O3S. The first-order valence-electron chi connectivity index (χ1n) is 6.96. The van der Waals surface area contributed by atoms with E-state index in [1.54, 1.807) is 18.2 Å². The summed E-state index contributed by atoms with van der Waals surface area (Å²) in [6, 6.07) is 6.60. The van der Waals surface area contributed by atoms with Crippen molar-refractivity contribution in [3.05, 3.63) is 24.3 Å². The van der Waals surface area contributed by atoms with Crippen molar-refractivity contribution in [2.24, 2.45) is 5.92 Å². The molecule has 0 saturated carbocycles. The molecule has 0 unspecified atom stereocenters. The Balaban J connectivity index is 2.72. The summed E-state index contributed by atoms with van der Waals surface area (Å²) in [7, 11) is -3.72. The second kappa shape index (κ2) is 7.99. The fourth-order valence-corrected chi connectivity index (χ4v) is 2.82. The third kappa shape index (κ3) is 5.73. The summed E-state index contributed by atoms with van der Waals surface area (Å²) in [5.74, 6) is -0.0201. The molecule has 1 amide bonds. The smallest absolute Gasteiger partial charge is 0.243 e. The molecule has 0 atom stereocenters. The Kier molecular flexibility index (Phi) is 6.64. The molecule has 0 spiro atoms. The Morgan fingerprint density at radius 1 is 1.24 bits per heavy atom. The molecule has 0 radical (unpaired) electrons. The molecule has 118 valence electrons. The monoisotopic (exact) mass is 313 g/mol. The average molecular weight is 313 g/mol. The van der Waals surface area contributed by atoms with E-state index in [0.717, 1.165) is 0 Å². The number of hydrogen-bond donors (Lipinski definition) is 3. The largest absolute Gasteiger partial charge is 0.384 e. The zero-order valence-corrected chi connectivity index (χ0v) is 13.5. The average Bonchev–Trinajstić information content (AvgIpc) is 2.44. The standard InChI is InChI=1S/C14H23N3O3S/c1-4-15-12-7-5-6-8-13(12)21(19,20)17-10-14(18)16-9-11(2)3/h5-8,11,15,17H,4,9-10H2,1-3H3,(H,16,18). The van der Waals surface area contributed by atoms with Crippen LogP contribution in [-0.2, 0) is 14.8 Å². The molecule has 0 bridgehead atoms. The highest BCUT2D eigenvalue weighted by atomic mass is 32.2. The maximum absolute atomic E-state index is 12.2. The Bertz CT molecular complexity index is 571. The molecule has 0 aromatic heterocycles. The predicted octanol–water partition coefficient (Wildman–Crippen LogP) is 1.17. The predicted molar refractivity (Wildman–Crippen MR) is 83.6 cm³/mol. The van der Waals surface area contributed by atoms with Crippen LogP contribution in [0, 0.1) is 5.92 Å². The van der Waals surface area contributed by atoms with Gasteiger partial charge in [0.25, 0.3) is 0 Å². The van der Waals surface area contributed by atoms with Gasteiger partial charge in [-0.15, -0.1) is 0 Å². The highest BCUT2D eigenvalue weighted by Crippen LogP contribution is 2.20. The molecule has 1 aromatic carbocycles. The Morgan fingerprint density at radius 2 is 1.90 bits per heavy atom. The van der Waals surface area contributed by atoms with Crippen molar-refractivity contribution in [1.82, 2.24) is 10.0 Å². The van der Waals surface area contributed by atoms with Crippen LogP contribution in [0.2, 0.25) is 0 Å². The summed E-state index contributed by atoms with van der Waals surface area (Å²) in [6.45, 7) is 6.69. The van der Waals surface area contributed by atoms with E-state index in [1.807, 2.05) is 20.8 Å². The van der Waals surface area contributed by atoms with Crippen molar-refractivity contribution < 1.29 is 13.2 Å². The number of sulfonamides is 1. The fourth-order valence-electron chi connectivity index (χ4n) is 1.66. The van der Waals surface area contributed by atoms with Crippen LogP contribution in [0.5, 0.6) is 0 Å². The zero-order valence-electron chi connectivity index (χ0n) is 12.6. The number of rotatable bonds is 8. The second-order valence-electron chi connectivity index (χ2n) is 5.05. The van der Waals surface area contributed by atoms with Crippen molar-refractivity contribution in [3.63, 3.8) is 0 Å². The second-order valence-corrected chi connectivity index (χ2v) is 6.78. The zero-order chi connectivity index (χ0) is 15.9. The molecule has 1 aromatic rings. The summed E-state index contributed by atoms with van der Waals surface area (Å²) in [4.78, 5) is 11.7. The summed E-state index contributed by atoms with van der Waals surface area (Å²) in [5, 5.41) is 5.65. The molecule has 1 rings (SSSR count). The Labute approximate surface area is 126 Å². The van der Waals surface area contributed by atoms with E-state index in [-0.39, 0.29) is 17.3 Å². The van der Waals surface area contributed by atoms with Gasteiger partial charge in [-0.2, -0.15) is 0 Å². The molecule has 0 aliphatic carbocycles. The number of hydrogen-bond acceptors (Lipinski definition) is 4. The van der Waals surface area contributed by atoms with Gasteiger partial charge in [-0.1, -0.05) is 26.0 Å². The highest BCUT2D eigenvalue weighted by molar-refractivity contribution is 7.89. The van der Waals surface area contributed by atoms with E-state index in [2.05, 4.69) is 15.4 Å². The molecule has 0 saturated heterocycles. The molecule has 6 nitrogen and oxygen atoms in total. The minimum Gasteiger partial charge on any atom is -0.384 e. The molecular weight excluding hydrogens is 290 g/mol. The summed E-state index contributed by atoms with van der Waals surface area (Å²) >= 11 is 0. The molecule has 0 heterocycles. The molecule has 0 aliphatic heterocycles. The lowest BCUT2D eigenvalue weighted by Crippen LogP contribution is -2.38. The molecule has 3 N–H and O–H groups in total. The first-order valence-corrected chi connectivity index (χ1v) is 8.44. The van der Waals surface area contributed by atoms with Crippen molar-refractivity contribution in [3.8, 4) is 0 Å². The van der Waals surface area contributed by atoms with Gasteiger partial charge < -0.3 is 10.6 Å². The first kappa shape index (κ1) is 17.5. The van der Waals surface area contributed by atoms with Gasteiger partial charge in [0.2, 0.25) is 15.9 Å². The van der Waals surface area contributed by atoms with E-state index in [0.29, 0.717) is 24.7 Å². The van der Waals surface area contributed by atoms with Crippen molar-refractivity contribution >= 4 is 21.6 Å². The lowest BCUT2D eigenvalue weighted by molar-refractivity contribution is -0.120. The van der Waals surface area contributed by atoms with Gasteiger partial charge in [0.05, 0.1) is 12.2 Å². The van der Waals surface area contributed by atoms with E-state index in [9.17, 15) is 13.2 Å². The van der Waals surface area contributed by atoms with Crippen molar-refractivity contribution in [2.75, 3.05) is 25.0 Å². The number of anilines is 1. The first-order chi connectivity index (χ1) is 9.86. The van der Waals surface area contributed by atoms with Gasteiger partial charge in [-0.3, -0.25) is 4.79 Å². The number of amides is 1. The normalized spacial score (nSPS) is 11.4. The number of para-hydroxylation sites is 1. The lowest BCUT2D eigenvalue weighted by atomic mass is 10.2. The van der Waals surface area contributed by atoms with Gasteiger partial charge in [0, 0.05) is 13.1 Å². The van der Waals surface area contributed by atoms with E-state index < -0.39 is 10.0 Å². The third-order valence-corrected chi connectivity index (χ3v) is 4.13.